The fourth-order valence-corrected chi connectivity index (χ4v) is 6.51. The molecule has 0 amide bonds. The second-order valence-corrected chi connectivity index (χ2v) is 9.66. The number of ether oxygens (including phenoxy) is 1. The molecule has 0 spiro atoms. The second kappa shape index (κ2) is 6.70. The van der Waals surface area contributed by atoms with Crippen molar-refractivity contribution >= 4 is 5.78 Å². The first-order chi connectivity index (χ1) is 14.2. The minimum atomic E-state index is 0.222. The van der Waals surface area contributed by atoms with Crippen LogP contribution in [0.15, 0.2) is 48.5 Å². The molecule has 2 bridgehead atoms. The monoisotopic (exact) mass is 387 g/mol. The summed E-state index contributed by atoms with van der Waals surface area (Å²) in [6.07, 6.45) is 7.84. The maximum Gasteiger partial charge on any atom is 0.139 e. The van der Waals surface area contributed by atoms with E-state index in [2.05, 4.69) is 23.5 Å². The maximum atomic E-state index is 12.8. The van der Waals surface area contributed by atoms with Gasteiger partial charge in [-0.15, -0.1) is 0 Å². The first kappa shape index (κ1) is 17.7. The summed E-state index contributed by atoms with van der Waals surface area (Å²) in [5.41, 5.74) is 3.21. The van der Waals surface area contributed by atoms with E-state index in [1.54, 1.807) is 0 Å². The predicted octanol–water partition coefficient (Wildman–Crippen LogP) is 5.03. The van der Waals surface area contributed by atoms with Gasteiger partial charge >= 0.3 is 0 Å². The Bertz CT molecular complexity index is 935. The molecule has 3 heteroatoms. The number of piperidine rings is 1. The van der Waals surface area contributed by atoms with Crippen LogP contribution in [-0.2, 0) is 16.6 Å². The van der Waals surface area contributed by atoms with Crippen LogP contribution in [0.5, 0.6) is 11.5 Å². The van der Waals surface area contributed by atoms with Crippen LogP contribution in [0.2, 0.25) is 0 Å². The van der Waals surface area contributed by atoms with Crippen LogP contribution in [0.3, 0.4) is 0 Å². The Balaban J connectivity index is 1.34. The van der Waals surface area contributed by atoms with Gasteiger partial charge in [0.15, 0.2) is 0 Å². The Morgan fingerprint density at radius 1 is 0.966 bits per heavy atom. The van der Waals surface area contributed by atoms with E-state index in [0.717, 1.165) is 56.6 Å². The Morgan fingerprint density at radius 3 is 2.66 bits per heavy atom. The molecule has 4 aliphatic rings. The van der Waals surface area contributed by atoms with Gasteiger partial charge in [0, 0.05) is 23.3 Å². The van der Waals surface area contributed by atoms with Gasteiger partial charge in [0.1, 0.15) is 17.3 Å². The molecule has 1 aliphatic heterocycles. The lowest BCUT2D eigenvalue weighted by Crippen LogP contribution is -2.60. The van der Waals surface area contributed by atoms with Crippen molar-refractivity contribution in [3.8, 4) is 11.5 Å². The zero-order chi connectivity index (χ0) is 19.4. The highest BCUT2D eigenvalue weighted by Gasteiger charge is 2.54. The van der Waals surface area contributed by atoms with E-state index in [-0.39, 0.29) is 5.41 Å². The molecule has 3 nitrogen and oxygen atoms in total. The molecular formula is C26H29NO2. The molecule has 2 aromatic carbocycles. The summed E-state index contributed by atoms with van der Waals surface area (Å²) in [6, 6.07) is 17.3. The minimum absolute atomic E-state index is 0.222. The maximum absolute atomic E-state index is 12.8. The number of hydrogen-bond donors (Lipinski definition) is 1. The number of para-hydroxylation sites is 1. The third kappa shape index (κ3) is 2.93. The number of Topliss-reactive ketones (excluding diaryl/α,β-unsaturated/α-hetero) is 1. The number of carbonyl (C=O) groups is 1. The highest BCUT2D eigenvalue weighted by molar-refractivity contribution is 5.85. The first-order valence-electron chi connectivity index (χ1n) is 11.4. The highest BCUT2D eigenvalue weighted by atomic mass is 16.5. The molecule has 29 heavy (non-hydrogen) atoms. The summed E-state index contributed by atoms with van der Waals surface area (Å²) in [6.45, 7) is 1.09. The van der Waals surface area contributed by atoms with Crippen LogP contribution in [0, 0.1) is 17.8 Å². The molecule has 1 unspecified atom stereocenters. The Morgan fingerprint density at radius 2 is 1.83 bits per heavy atom. The number of nitrogens with one attached hydrogen (secondary N) is 1. The number of fused-ring (bicyclic) bond motifs is 1. The fraction of sp³-hybridized carbons (Fsp3) is 0.500. The van der Waals surface area contributed by atoms with Crippen molar-refractivity contribution in [1.29, 1.82) is 0 Å². The standard InChI is InChI=1S/C26H29NO2/c28-25(17-6-7-17)19-10-11-26-12-13-27-24(23(26)14-19)15-18-8-9-21(16-22(18)26)29-20-4-2-1-3-5-20/h1-5,8-9,16-17,19,23-24,27H,6-7,10-15H2/t19?,23-,24+,26-/m0/s1. The molecule has 1 heterocycles. The zero-order valence-electron chi connectivity index (χ0n) is 16.9. The summed E-state index contributed by atoms with van der Waals surface area (Å²) in [5, 5.41) is 3.80. The van der Waals surface area contributed by atoms with Crippen molar-refractivity contribution in [2.75, 3.05) is 6.54 Å². The SMILES string of the molecule is O=C(C1CC1)C1CC[C@]23CCN[C@H](Cc4ccc(Oc5ccccc5)cc42)[C@@H]3C1. The number of ketones is 1. The molecule has 1 saturated heterocycles. The molecule has 2 saturated carbocycles. The smallest absolute Gasteiger partial charge is 0.139 e. The van der Waals surface area contributed by atoms with Crippen molar-refractivity contribution in [3.05, 3.63) is 59.7 Å². The lowest BCUT2D eigenvalue weighted by Gasteiger charge is -2.57. The van der Waals surface area contributed by atoms with E-state index in [4.69, 9.17) is 4.74 Å². The topological polar surface area (TPSA) is 38.3 Å². The molecule has 0 aromatic heterocycles. The average Bonchev–Trinajstić information content (AvgIpc) is 3.59. The molecule has 4 atom stereocenters. The molecule has 3 aliphatic carbocycles. The van der Waals surface area contributed by atoms with E-state index >= 15 is 0 Å². The third-order valence-corrected chi connectivity index (χ3v) is 8.07. The summed E-state index contributed by atoms with van der Waals surface area (Å²) >= 11 is 0. The van der Waals surface area contributed by atoms with Gasteiger partial charge in [-0.05, 0) is 92.8 Å². The van der Waals surface area contributed by atoms with Crippen molar-refractivity contribution in [2.45, 2.75) is 56.4 Å². The largest absolute Gasteiger partial charge is 0.457 e. The van der Waals surface area contributed by atoms with Gasteiger partial charge in [0.2, 0.25) is 0 Å². The van der Waals surface area contributed by atoms with Gasteiger partial charge in [-0.25, -0.2) is 0 Å². The minimum Gasteiger partial charge on any atom is -0.457 e. The van der Waals surface area contributed by atoms with Crippen molar-refractivity contribution in [2.24, 2.45) is 17.8 Å². The van der Waals surface area contributed by atoms with Crippen molar-refractivity contribution in [3.63, 3.8) is 0 Å². The average molecular weight is 388 g/mol. The van der Waals surface area contributed by atoms with Crippen molar-refractivity contribution < 1.29 is 9.53 Å². The van der Waals surface area contributed by atoms with Crippen LogP contribution in [0.4, 0.5) is 0 Å². The van der Waals surface area contributed by atoms with E-state index in [1.165, 1.54) is 17.5 Å². The van der Waals surface area contributed by atoms with Gasteiger partial charge in [0.05, 0.1) is 0 Å². The normalized spacial score (nSPS) is 32.8. The van der Waals surface area contributed by atoms with E-state index in [9.17, 15) is 4.79 Å². The van der Waals surface area contributed by atoms with Crippen LogP contribution < -0.4 is 10.1 Å². The second-order valence-electron chi connectivity index (χ2n) is 9.66. The van der Waals surface area contributed by atoms with Crippen LogP contribution >= 0.6 is 0 Å². The van der Waals surface area contributed by atoms with E-state index in [0.29, 0.717) is 29.6 Å². The summed E-state index contributed by atoms with van der Waals surface area (Å²) < 4.78 is 6.19. The Hall–Kier alpha value is -2.13. The fourth-order valence-electron chi connectivity index (χ4n) is 6.51. The summed E-state index contributed by atoms with van der Waals surface area (Å²) in [4.78, 5) is 12.8. The third-order valence-electron chi connectivity index (χ3n) is 8.07. The number of hydrogen-bond acceptors (Lipinski definition) is 3. The lowest BCUT2D eigenvalue weighted by molar-refractivity contribution is -0.127. The van der Waals surface area contributed by atoms with E-state index in [1.807, 2.05) is 30.3 Å². The molecule has 0 radical (unpaired) electrons. The van der Waals surface area contributed by atoms with Gasteiger partial charge < -0.3 is 10.1 Å². The Labute approximate surface area is 172 Å². The summed E-state index contributed by atoms with van der Waals surface area (Å²) in [7, 11) is 0. The molecule has 3 fully saturated rings. The van der Waals surface area contributed by atoms with E-state index < -0.39 is 0 Å². The predicted molar refractivity (Wildman–Crippen MR) is 113 cm³/mol. The molecule has 150 valence electrons. The number of benzene rings is 2. The van der Waals surface area contributed by atoms with Crippen LogP contribution in [0.1, 0.15) is 49.7 Å². The summed E-state index contributed by atoms with van der Waals surface area (Å²) in [5.74, 6) is 3.68. The highest BCUT2D eigenvalue weighted by Crippen LogP contribution is 2.56. The van der Waals surface area contributed by atoms with Gasteiger partial charge in [0.25, 0.3) is 0 Å². The quantitative estimate of drug-likeness (QED) is 0.800. The van der Waals surface area contributed by atoms with Gasteiger partial charge in [-0.2, -0.15) is 0 Å². The number of carbonyl (C=O) groups excluding carboxylic acids is 1. The van der Waals surface area contributed by atoms with Gasteiger partial charge in [-0.1, -0.05) is 24.3 Å². The first-order valence-corrected chi connectivity index (χ1v) is 11.4. The molecule has 6 rings (SSSR count). The van der Waals surface area contributed by atoms with Gasteiger partial charge in [-0.3, -0.25) is 4.79 Å². The van der Waals surface area contributed by atoms with Crippen LogP contribution in [-0.4, -0.2) is 18.4 Å². The lowest BCUT2D eigenvalue weighted by atomic mass is 9.51. The number of rotatable bonds is 4. The van der Waals surface area contributed by atoms with Crippen LogP contribution in [0.25, 0.3) is 0 Å². The zero-order valence-corrected chi connectivity index (χ0v) is 16.9. The van der Waals surface area contributed by atoms with Crippen molar-refractivity contribution in [1.82, 2.24) is 5.32 Å². The molecular weight excluding hydrogens is 358 g/mol. The Kier molecular flexibility index (Phi) is 4.09. The molecule has 1 N–H and O–H groups in total. The molecule has 2 aromatic rings.